The van der Waals surface area contributed by atoms with Crippen LogP contribution in [-0.2, 0) is 20.7 Å². The zero-order chi connectivity index (χ0) is 19.4. The molecule has 0 saturated heterocycles. The third kappa shape index (κ3) is 4.41. The van der Waals surface area contributed by atoms with E-state index in [4.69, 9.17) is 9.15 Å². The molecule has 6 nitrogen and oxygen atoms in total. The lowest BCUT2D eigenvalue weighted by Crippen LogP contribution is -2.34. The molecule has 0 aliphatic rings. The van der Waals surface area contributed by atoms with Crippen LogP contribution in [0.2, 0.25) is 0 Å². The summed E-state index contributed by atoms with van der Waals surface area (Å²) in [6, 6.07) is 12.2. The summed E-state index contributed by atoms with van der Waals surface area (Å²) in [6.45, 7) is 3.45. The molecule has 1 heterocycles. The van der Waals surface area contributed by atoms with Crippen LogP contribution in [0.25, 0.3) is 11.0 Å². The largest absolute Gasteiger partial charge is 0.464 e. The number of fused-ring (bicyclic) bond motifs is 1. The van der Waals surface area contributed by atoms with Gasteiger partial charge in [-0.25, -0.2) is 0 Å². The maximum Gasteiger partial charge on any atom is 0.310 e. The Morgan fingerprint density at radius 2 is 1.74 bits per heavy atom. The van der Waals surface area contributed by atoms with Gasteiger partial charge in [-0.2, -0.15) is 0 Å². The molecule has 0 unspecified atom stereocenters. The number of esters is 1. The van der Waals surface area contributed by atoms with E-state index in [1.54, 1.807) is 30.3 Å². The first kappa shape index (κ1) is 18.4. The molecule has 6 heteroatoms. The summed E-state index contributed by atoms with van der Waals surface area (Å²) in [5.41, 5.74) is 3.95. The van der Waals surface area contributed by atoms with Gasteiger partial charge in [0.25, 0.3) is 11.8 Å². The SMILES string of the molecule is Cc1cc2occ(CC(=O)OCC(=O)NC(=O)c3ccccc3)c2cc1C. The number of hydrogen-bond acceptors (Lipinski definition) is 5. The molecule has 3 rings (SSSR count). The van der Waals surface area contributed by atoms with Gasteiger partial charge in [0.1, 0.15) is 5.58 Å². The van der Waals surface area contributed by atoms with Crippen LogP contribution >= 0.6 is 0 Å². The Morgan fingerprint density at radius 1 is 1.04 bits per heavy atom. The van der Waals surface area contributed by atoms with Crippen molar-refractivity contribution in [2.75, 3.05) is 6.61 Å². The van der Waals surface area contributed by atoms with Gasteiger partial charge in [-0.15, -0.1) is 0 Å². The van der Waals surface area contributed by atoms with E-state index in [1.807, 2.05) is 26.0 Å². The van der Waals surface area contributed by atoms with Gasteiger partial charge in [0.15, 0.2) is 6.61 Å². The third-order valence-corrected chi connectivity index (χ3v) is 4.26. The van der Waals surface area contributed by atoms with E-state index in [0.717, 1.165) is 16.5 Å². The van der Waals surface area contributed by atoms with Gasteiger partial charge in [-0.3, -0.25) is 19.7 Å². The second-order valence-electron chi connectivity index (χ2n) is 6.27. The minimum atomic E-state index is -0.680. The van der Waals surface area contributed by atoms with Crippen molar-refractivity contribution in [1.82, 2.24) is 5.32 Å². The fourth-order valence-electron chi connectivity index (χ4n) is 2.65. The number of carbonyl (C=O) groups is 3. The number of rotatable bonds is 5. The predicted octanol–water partition coefficient (Wildman–Crippen LogP) is 3.09. The number of amides is 2. The molecular weight excluding hydrogens is 346 g/mol. The number of benzene rings is 2. The van der Waals surface area contributed by atoms with Crippen LogP contribution in [0, 0.1) is 13.8 Å². The van der Waals surface area contributed by atoms with Crippen molar-refractivity contribution in [3.05, 3.63) is 71.0 Å². The smallest absolute Gasteiger partial charge is 0.310 e. The highest BCUT2D eigenvalue weighted by molar-refractivity contribution is 6.05. The monoisotopic (exact) mass is 365 g/mol. The summed E-state index contributed by atoms with van der Waals surface area (Å²) in [5, 5.41) is 3.03. The Kier molecular flexibility index (Phi) is 5.35. The molecule has 2 amide bonds. The maximum atomic E-state index is 12.0. The van der Waals surface area contributed by atoms with Crippen molar-refractivity contribution in [3.8, 4) is 0 Å². The number of imide groups is 1. The number of furan rings is 1. The third-order valence-electron chi connectivity index (χ3n) is 4.26. The van der Waals surface area contributed by atoms with Gasteiger partial charge in [-0.05, 0) is 49.2 Å². The van der Waals surface area contributed by atoms with Crippen molar-refractivity contribution in [2.24, 2.45) is 0 Å². The van der Waals surface area contributed by atoms with Crippen LogP contribution in [0.5, 0.6) is 0 Å². The second kappa shape index (κ2) is 7.86. The molecule has 0 aliphatic carbocycles. The number of hydrogen-bond donors (Lipinski definition) is 1. The number of ether oxygens (including phenoxy) is 1. The quantitative estimate of drug-likeness (QED) is 0.702. The number of carbonyl (C=O) groups excluding carboxylic acids is 3. The first-order valence-corrected chi connectivity index (χ1v) is 8.46. The van der Waals surface area contributed by atoms with Crippen molar-refractivity contribution in [3.63, 3.8) is 0 Å². The molecular formula is C21H19NO5. The molecule has 0 spiro atoms. The fraction of sp³-hybridized carbons (Fsp3) is 0.190. The Bertz CT molecular complexity index is 1000. The van der Waals surface area contributed by atoms with Crippen molar-refractivity contribution in [2.45, 2.75) is 20.3 Å². The molecule has 0 fully saturated rings. The summed E-state index contributed by atoms with van der Waals surface area (Å²) in [5.74, 6) is -1.79. The summed E-state index contributed by atoms with van der Waals surface area (Å²) < 4.78 is 10.5. The highest BCUT2D eigenvalue weighted by Crippen LogP contribution is 2.25. The van der Waals surface area contributed by atoms with Gasteiger partial charge in [-0.1, -0.05) is 18.2 Å². The van der Waals surface area contributed by atoms with Gasteiger partial charge < -0.3 is 9.15 Å². The molecule has 0 bridgehead atoms. The Morgan fingerprint density at radius 3 is 2.48 bits per heavy atom. The van der Waals surface area contributed by atoms with Crippen LogP contribution in [0.15, 0.2) is 53.1 Å². The zero-order valence-corrected chi connectivity index (χ0v) is 15.1. The molecule has 0 atom stereocenters. The van der Waals surface area contributed by atoms with E-state index in [1.165, 1.54) is 6.26 Å². The predicted molar refractivity (Wildman–Crippen MR) is 99.3 cm³/mol. The summed E-state index contributed by atoms with van der Waals surface area (Å²) >= 11 is 0. The lowest BCUT2D eigenvalue weighted by atomic mass is 10.0. The van der Waals surface area contributed by atoms with E-state index in [-0.39, 0.29) is 6.42 Å². The zero-order valence-electron chi connectivity index (χ0n) is 15.1. The molecule has 2 aromatic carbocycles. The first-order valence-electron chi connectivity index (χ1n) is 8.46. The van der Waals surface area contributed by atoms with E-state index in [0.29, 0.717) is 16.7 Å². The minimum absolute atomic E-state index is 0.0184. The average Bonchev–Trinajstić information content (AvgIpc) is 3.02. The lowest BCUT2D eigenvalue weighted by molar-refractivity contribution is -0.147. The second-order valence-corrected chi connectivity index (χ2v) is 6.27. The van der Waals surface area contributed by atoms with Crippen molar-refractivity contribution in [1.29, 1.82) is 0 Å². The molecule has 0 saturated carbocycles. The van der Waals surface area contributed by atoms with Gasteiger partial charge in [0.05, 0.1) is 12.7 Å². The molecule has 0 radical (unpaired) electrons. The van der Waals surface area contributed by atoms with E-state index < -0.39 is 24.4 Å². The number of nitrogens with one attached hydrogen (secondary N) is 1. The standard InChI is InChI=1S/C21H19NO5/c1-13-8-17-16(11-26-18(17)9-14(13)2)10-20(24)27-12-19(23)22-21(25)15-6-4-3-5-7-15/h3-9,11H,10,12H2,1-2H3,(H,22,23,25). The molecule has 0 aliphatic heterocycles. The maximum absolute atomic E-state index is 12.0. The first-order chi connectivity index (χ1) is 12.9. The fourth-order valence-corrected chi connectivity index (χ4v) is 2.65. The topological polar surface area (TPSA) is 85.6 Å². The minimum Gasteiger partial charge on any atom is -0.464 e. The molecule has 27 heavy (non-hydrogen) atoms. The lowest BCUT2D eigenvalue weighted by Gasteiger charge is -2.06. The van der Waals surface area contributed by atoms with Crippen molar-refractivity contribution < 1.29 is 23.5 Å². The number of aryl methyl sites for hydroxylation is 2. The Hall–Kier alpha value is -3.41. The summed E-state index contributed by atoms with van der Waals surface area (Å²) in [7, 11) is 0. The van der Waals surface area contributed by atoms with Crippen LogP contribution in [-0.4, -0.2) is 24.4 Å². The summed E-state index contributed by atoms with van der Waals surface area (Å²) in [4.78, 5) is 35.7. The van der Waals surface area contributed by atoms with E-state index >= 15 is 0 Å². The van der Waals surface area contributed by atoms with Gasteiger partial charge >= 0.3 is 5.97 Å². The summed E-state index contributed by atoms with van der Waals surface area (Å²) in [6.07, 6.45) is 1.50. The highest BCUT2D eigenvalue weighted by Gasteiger charge is 2.15. The van der Waals surface area contributed by atoms with Gasteiger partial charge in [0.2, 0.25) is 0 Å². The molecule has 1 N–H and O–H groups in total. The van der Waals surface area contributed by atoms with Crippen molar-refractivity contribution >= 4 is 28.8 Å². The average molecular weight is 365 g/mol. The van der Waals surface area contributed by atoms with Crippen LogP contribution < -0.4 is 5.32 Å². The normalized spacial score (nSPS) is 10.6. The molecule has 138 valence electrons. The van der Waals surface area contributed by atoms with Crippen LogP contribution in [0.1, 0.15) is 27.0 Å². The molecule has 1 aromatic heterocycles. The van der Waals surface area contributed by atoms with Gasteiger partial charge in [0, 0.05) is 16.5 Å². The van der Waals surface area contributed by atoms with E-state index in [2.05, 4.69) is 5.32 Å². The van der Waals surface area contributed by atoms with Crippen LogP contribution in [0.3, 0.4) is 0 Å². The van der Waals surface area contributed by atoms with Crippen LogP contribution in [0.4, 0.5) is 0 Å². The Balaban J connectivity index is 1.55. The Labute approximate surface area is 156 Å². The van der Waals surface area contributed by atoms with E-state index in [9.17, 15) is 14.4 Å². The highest BCUT2D eigenvalue weighted by atomic mass is 16.5. The molecule has 3 aromatic rings.